The minimum absolute atomic E-state index is 0.355. The van der Waals surface area contributed by atoms with E-state index in [0.29, 0.717) is 11.4 Å². The topological polar surface area (TPSA) is 34.1 Å². The van der Waals surface area contributed by atoms with E-state index in [1.807, 2.05) is 18.0 Å². The highest BCUT2D eigenvalue weighted by Gasteiger charge is 2.25. The summed E-state index contributed by atoms with van der Waals surface area (Å²) in [6.45, 7) is 3.99. The second-order valence-electron chi connectivity index (χ2n) is 5.18. The maximum Gasteiger partial charge on any atom is 0.0963 e. The molecule has 1 saturated heterocycles. The maximum absolute atomic E-state index is 5.57. The van der Waals surface area contributed by atoms with Crippen LogP contribution in [0, 0.1) is 0 Å². The quantitative estimate of drug-likeness (QED) is 0.886. The average Bonchev–Trinajstić information content (AvgIpc) is 3.13. The first-order valence-corrected chi connectivity index (χ1v) is 7.66. The molecule has 0 spiro atoms. The van der Waals surface area contributed by atoms with Crippen LogP contribution in [0.3, 0.4) is 0 Å². The number of hydrogen-bond donors (Lipinski definition) is 1. The lowest BCUT2D eigenvalue weighted by Crippen LogP contribution is -2.15. The standard InChI is InChI=1S/C14H20N2OS/c1-10-13(6-7-17-10)18-14-5-2-11(9-16-14)8-15-12-3-4-12/h2,5,9-10,12-13,15H,3-4,6-8H2,1H3. The number of nitrogens with zero attached hydrogens (tertiary/aromatic N) is 1. The minimum atomic E-state index is 0.355. The van der Waals surface area contributed by atoms with Crippen molar-refractivity contribution < 1.29 is 4.74 Å². The van der Waals surface area contributed by atoms with Crippen LogP contribution in [0.1, 0.15) is 31.7 Å². The van der Waals surface area contributed by atoms with E-state index >= 15 is 0 Å². The zero-order valence-electron chi connectivity index (χ0n) is 10.8. The van der Waals surface area contributed by atoms with Crippen LogP contribution in [0.5, 0.6) is 0 Å². The third kappa shape index (κ3) is 3.25. The molecule has 0 amide bonds. The lowest BCUT2D eigenvalue weighted by Gasteiger charge is -2.12. The van der Waals surface area contributed by atoms with Gasteiger partial charge < -0.3 is 10.1 Å². The van der Waals surface area contributed by atoms with Gasteiger partial charge in [-0.05, 0) is 37.8 Å². The lowest BCUT2D eigenvalue weighted by atomic mass is 10.3. The molecule has 3 rings (SSSR count). The highest BCUT2D eigenvalue weighted by molar-refractivity contribution is 7.99. The fourth-order valence-corrected chi connectivity index (χ4v) is 3.21. The van der Waals surface area contributed by atoms with E-state index in [0.717, 1.165) is 30.6 Å². The maximum atomic E-state index is 5.57. The van der Waals surface area contributed by atoms with E-state index in [1.165, 1.54) is 18.4 Å². The van der Waals surface area contributed by atoms with Crippen LogP contribution >= 0.6 is 11.8 Å². The number of rotatable bonds is 5. The van der Waals surface area contributed by atoms with Crippen molar-refractivity contribution in [2.75, 3.05) is 6.61 Å². The summed E-state index contributed by atoms with van der Waals surface area (Å²) >= 11 is 1.85. The highest BCUT2D eigenvalue weighted by atomic mass is 32.2. The zero-order valence-corrected chi connectivity index (χ0v) is 11.6. The van der Waals surface area contributed by atoms with E-state index < -0.39 is 0 Å². The minimum Gasteiger partial charge on any atom is -0.377 e. The summed E-state index contributed by atoms with van der Waals surface area (Å²) in [4.78, 5) is 4.54. The molecule has 1 aromatic heterocycles. The van der Waals surface area contributed by atoms with Gasteiger partial charge in [-0.25, -0.2) is 4.98 Å². The van der Waals surface area contributed by atoms with Crippen LogP contribution in [0.15, 0.2) is 23.4 Å². The molecule has 18 heavy (non-hydrogen) atoms. The third-order valence-electron chi connectivity index (χ3n) is 3.55. The molecule has 1 aliphatic heterocycles. The Morgan fingerprint density at radius 2 is 2.28 bits per heavy atom. The Labute approximate surface area is 113 Å². The molecular weight excluding hydrogens is 244 g/mol. The van der Waals surface area contributed by atoms with Gasteiger partial charge in [-0.1, -0.05) is 6.07 Å². The Morgan fingerprint density at radius 1 is 1.39 bits per heavy atom. The molecule has 2 unspecified atom stereocenters. The van der Waals surface area contributed by atoms with Crippen molar-refractivity contribution in [3.05, 3.63) is 23.9 Å². The van der Waals surface area contributed by atoms with E-state index in [1.54, 1.807) is 0 Å². The number of aromatic nitrogens is 1. The van der Waals surface area contributed by atoms with Crippen LogP contribution in [0.4, 0.5) is 0 Å². The van der Waals surface area contributed by atoms with Crippen molar-refractivity contribution in [3.8, 4) is 0 Å². The van der Waals surface area contributed by atoms with Gasteiger partial charge in [-0.3, -0.25) is 0 Å². The summed E-state index contributed by atoms with van der Waals surface area (Å²) in [5.41, 5.74) is 1.28. The molecule has 0 bridgehead atoms. The Kier molecular flexibility index (Phi) is 3.87. The van der Waals surface area contributed by atoms with E-state index in [9.17, 15) is 0 Å². The van der Waals surface area contributed by atoms with Crippen LogP contribution in [0.2, 0.25) is 0 Å². The number of thioether (sulfide) groups is 1. The largest absolute Gasteiger partial charge is 0.377 e. The number of hydrogen-bond acceptors (Lipinski definition) is 4. The van der Waals surface area contributed by atoms with Gasteiger partial charge in [0.05, 0.1) is 11.1 Å². The Hall–Kier alpha value is -0.580. The smallest absolute Gasteiger partial charge is 0.0963 e. The second-order valence-corrected chi connectivity index (χ2v) is 6.44. The molecule has 4 heteroatoms. The Bertz CT molecular complexity index is 391. The van der Waals surface area contributed by atoms with Gasteiger partial charge in [0.2, 0.25) is 0 Å². The zero-order chi connectivity index (χ0) is 12.4. The van der Waals surface area contributed by atoms with Crippen LogP contribution in [0.25, 0.3) is 0 Å². The molecule has 0 radical (unpaired) electrons. The first-order valence-electron chi connectivity index (χ1n) is 6.78. The van der Waals surface area contributed by atoms with Gasteiger partial charge >= 0.3 is 0 Å². The third-order valence-corrected chi connectivity index (χ3v) is 4.95. The highest BCUT2D eigenvalue weighted by Crippen LogP contribution is 2.31. The van der Waals surface area contributed by atoms with Crippen molar-refractivity contribution in [3.63, 3.8) is 0 Å². The SMILES string of the molecule is CC1OCCC1Sc1ccc(CNC2CC2)cn1. The van der Waals surface area contributed by atoms with Crippen molar-refractivity contribution in [2.24, 2.45) is 0 Å². The Morgan fingerprint density at radius 3 is 2.89 bits per heavy atom. The van der Waals surface area contributed by atoms with Gasteiger partial charge in [-0.2, -0.15) is 0 Å². The molecule has 2 fully saturated rings. The normalized spacial score (nSPS) is 27.6. The molecule has 2 aliphatic rings. The average molecular weight is 264 g/mol. The van der Waals surface area contributed by atoms with Gasteiger partial charge in [0.15, 0.2) is 0 Å². The van der Waals surface area contributed by atoms with Gasteiger partial charge in [-0.15, -0.1) is 11.8 Å². The summed E-state index contributed by atoms with van der Waals surface area (Å²) in [5.74, 6) is 0. The van der Waals surface area contributed by atoms with Gasteiger partial charge in [0.1, 0.15) is 0 Å². The van der Waals surface area contributed by atoms with E-state index in [2.05, 4.69) is 29.4 Å². The molecule has 98 valence electrons. The molecule has 1 N–H and O–H groups in total. The van der Waals surface area contributed by atoms with Crippen molar-refractivity contribution in [2.45, 2.75) is 55.2 Å². The summed E-state index contributed by atoms with van der Waals surface area (Å²) in [5, 5.41) is 5.19. The first-order chi connectivity index (χ1) is 8.81. The van der Waals surface area contributed by atoms with Crippen LogP contribution in [-0.2, 0) is 11.3 Å². The summed E-state index contributed by atoms with van der Waals surface area (Å²) in [6.07, 6.45) is 6.16. The molecule has 1 saturated carbocycles. The van der Waals surface area contributed by atoms with E-state index in [4.69, 9.17) is 4.74 Å². The monoisotopic (exact) mass is 264 g/mol. The second kappa shape index (κ2) is 5.59. The molecule has 3 nitrogen and oxygen atoms in total. The molecule has 0 aromatic carbocycles. The lowest BCUT2D eigenvalue weighted by molar-refractivity contribution is 0.127. The molecule has 2 heterocycles. The van der Waals surface area contributed by atoms with Crippen molar-refractivity contribution >= 4 is 11.8 Å². The summed E-state index contributed by atoms with van der Waals surface area (Å²) < 4.78 is 5.57. The van der Waals surface area contributed by atoms with Crippen LogP contribution < -0.4 is 5.32 Å². The number of nitrogens with one attached hydrogen (secondary N) is 1. The predicted molar refractivity (Wildman–Crippen MR) is 73.8 cm³/mol. The van der Waals surface area contributed by atoms with Gasteiger partial charge in [0, 0.05) is 30.6 Å². The Balaban J connectivity index is 1.53. The number of pyridine rings is 1. The van der Waals surface area contributed by atoms with E-state index in [-0.39, 0.29) is 0 Å². The molecule has 1 aliphatic carbocycles. The van der Waals surface area contributed by atoms with Crippen molar-refractivity contribution in [1.82, 2.24) is 10.3 Å². The van der Waals surface area contributed by atoms with Crippen LogP contribution in [-0.4, -0.2) is 29.0 Å². The summed E-state index contributed by atoms with van der Waals surface area (Å²) in [7, 11) is 0. The molecule has 1 aromatic rings. The summed E-state index contributed by atoms with van der Waals surface area (Å²) in [6, 6.07) is 5.08. The molecule has 2 atom stereocenters. The number of ether oxygens (including phenoxy) is 1. The van der Waals surface area contributed by atoms with Gasteiger partial charge in [0.25, 0.3) is 0 Å². The molecular formula is C14H20N2OS. The van der Waals surface area contributed by atoms with Crippen molar-refractivity contribution in [1.29, 1.82) is 0 Å². The fourth-order valence-electron chi connectivity index (χ4n) is 2.16. The first kappa shape index (κ1) is 12.5. The fraction of sp³-hybridized carbons (Fsp3) is 0.643. The predicted octanol–water partition coefficient (Wildman–Crippen LogP) is 2.60.